The lowest BCUT2D eigenvalue weighted by atomic mass is 10.2. The van der Waals surface area contributed by atoms with Gasteiger partial charge < -0.3 is 0 Å². The third kappa shape index (κ3) is 1.72. The van der Waals surface area contributed by atoms with Gasteiger partial charge in [0, 0.05) is 4.88 Å². The molecule has 0 aromatic carbocycles. The van der Waals surface area contributed by atoms with E-state index in [9.17, 15) is 0 Å². The Kier molecular flexibility index (Phi) is 2.97. The van der Waals surface area contributed by atoms with Gasteiger partial charge >= 0.3 is 0 Å². The van der Waals surface area contributed by atoms with Crippen molar-refractivity contribution in [1.29, 1.82) is 0 Å². The lowest BCUT2D eigenvalue weighted by molar-refractivity contribution is 0.662. The zero-order valence-electron chi connectivity index (χ0n) is 7.29. The summed E-state index contributed by atoms with van der Waals surface area (Å²) >= 11 is 1.65. The van der Waals surface area contributed by atoms with Gasteiger partial charge in [-0.2, -0.15) is 0 Å². The second kappa shape index (κ2) is 3.80. The smallest absolute Gasteiger partial charge is 0.0900 e. The average Bonchev–Trinajstić information content (AvgIpc) is 2.34. The van der Waals surface area contributed by atoms with Gasteiger partial charge in [-0.15, -0.1) is 17.9 Å². The van der Waals surface area contributed by atoms with E-state index in [1.54, 1.807) is 17.4 Å². The van der Waals surface area contributed by atoms with Crippen LogP contribution in [0.1, 0.15) is 21.6 Å². The molecule has 0 bridgehead atoms. The lowest BCUT2D eigenvalue weighted by Gasteiger charge is -2.08. The Bertz CT molecular complexity index is 280. The second-order valence-corrected chi connectivity index (χ2v) is 3.80. The van der Waals surface area contributed by atoms with Crippen molar-refractivity contribution >= 4 is 11.3 Å². The molecular formula is C8H13N3S. The van der Waals surface area contributed by atoms with Crippen molar-refractivity contribution in [3.8, 4) is 0 Å². The molecule has 0 amide bonds. The first kappa shape index (κ1) is 9.38. The van der Waals surface area contributed by atoms with E-state index in [0.29, 0.717) is 0 Å². The number of nitrogens with zero attached hydrogens (tertiary/aromatic N) is 1. The third-order valence-electron chi connectivity index (χ3n) is 1.64. The van der Waals surface area contributed by atoms with E-state index >= 15 is 0 Å². The summed E-state index contributed by atoms with van der Waals surface area (Å²) in [6.45, 7) is 7.66. The van der Waals surface area contributed by atoms with Gasteiger partial charge in [-0.05, 0) is 13.8 Å². The molecule has 0 radical (unpaired) electrons. The number of aryl methyl sites for hydroxylation is 2. The van der Waals surface area contributed by atoms with Gasteiger partial charge in [-0.3, -0.25) is 5.84 Å². The van der Waals surface area contributed by atoms with Gasteiger partial charge in [-0.25, -0.2) is 10.4 Å². The first-order valence-corrected chi connectivity index (χ1v) is 4.53. The summed E-state index contributed by atoms with van der Waals surface area (Å²) in [6, 6.07) is 0.0243. The predicted molar refractivity (Wildman–Crippen MR) is 51.8 cm³/mol. The monoisotopic (exact) mass is 183 g/mol. The number of nitrogens with one attached hydrogen (secondary N) is 1. The van der Waals surface area contributed by atoms with Gasteiger partial charge in [0.2, 0.25) is 0 Å². The Morgan fingerprint density at radius 3 is 2.67 bits per heavy atom. The second-order valence-electron chi connectivity index (χ2n) is 2.56. The van der Waals surface area contributed by atoms with Crippen molar-refractivity contribution in [2.75, 3.05) is 0 Å². The molecule has 1 aromatic heterocycles. The summed E-state index contributed by atoms with van der Waals surface area (Å²) < 4.78 is 0. The van der Waals surface area contributed by atoms with Gasteiger partial charge in [0.1, 0.15) is 0 Å². The molecule has 0 aliphatic rings. The molecular weight excluding hydrogens is 170 g/mol. The fraction of sp³-hybridized carbons (Fsp3) is 0.375. The van der Waals surface area contributed by atoms with Crippen LogP contribution in [0.4, 0.5) is 0 Å². The molecule has 0 saturated carbocycles. The summed E-state index contributed by atoms with van der Waals surface area (Å²) in [7, 11) is 0. The zero-order chi connectivity index (χ0) is 9.14. The number of rotatable bonds is 3. The van der Waals surface area contributed by atoms with Gasteiger partial charge in [0.25, 0.3) is 0 Å². The molecule has 1 atom stereocenters. The standard InChI is InChI=1S/C8H13N3S/c1-4-7(11-9)8-5(2)10-6(3)12-8/h4,7,11H,1,9H2,2-3H3. The van der Waals surface area contributed by atoms with Crippen molar-refractivity contribution in [2.24, 2.45) is 5.84 Å². The SMILES string of the molecule is C=CC(NN)c1sc(C)nc1C. The van der Waals surface area contributed by atoms with Crippen LogP contribution < -0.4 is 11.3 Å². The highest BCUT2D eigenvalue weighted by molar-refractivity contribution is 7.11. The molecule has 0 aliphatic heterocycles. The molecule has 0 fully saturated rings. The van der Waals surface area contributed by atoms with Crippen molar-refractivity contribution in [2.45, 2.75) is 19.9 Å². The Hall–Kier alpha value is -0.710. The maximum absolute atomic E-state index is 5.35. The van der Waals surface area contributed by atoms with E-state index in [-0.39, 0.29) is 6.04 Å². The molecule has 0 spiro atoms. The number of nitrogens with two attached hydrogens (primary N) is 1. The van der Waals surface area contributed by atoms with Crippen LogP contribution in [0.5, 0.6) is 0 Å². The minimum absolute atomic E-state index is 0.0243. The molecule has 0 saturated heterocycles. The first-order valence-electron chi connectivity index (χ1n) is 3.71. The van der Waals surface area contributed by atoms with Crippen LogP contribution in [-0.2, 0) is 0 Å². The Morgan fingerprint density at radius 2 is 2.33 bits per heavy atom. The summed E-state index contributed by atoms with van der Waals surface area (Å²) in [6.07, 6.45) is 1.78. The Labute approximate surface area is 76.3 Å². The van der Waals surface area contributed by atoms with Crippen molar-refractivity contribution in [3.63, 3.8) is 0 Å². The quantitative estimate of drug-likeness (QED) is 0.423. The largest absolute Gasteiger partial charge is 0.271 e. The minimum Gasteiger partial charge on any atom is -0.271 e. The highest BCUT2D eigenvalue weighted by atomic mass is 32.1. The molecule has 3 N–H and O–H groups in total. The molecule has 3 nitrogen and oxygen atoms in total. The van der Waals surface area contributed by atoms with Crippen LogP contribution in [0, 0.1) is 13.8 Å². The fourth-order valence-electron chi connectivity index (χ4n) is 1.09. The van der Waals surface area contributed by atoms with Crippen LogP contribution >= 0.6 is 11.3 Å². The first-order chi connectivity index (χ1) is 5.69. The van der Waals surface area contributed by atoms with E-state index in [2.05, 4.69) is 17.0 Å². The molecule has 1 rings (SSSR count). The van der Waals surface area contributed by atoms with Gasteiger partial charge in [-0.1, -0.05) is 6.08 Å². The van der Waals surface area contributed by atoms with E-state index in [1.165, 1.54) is 0 Å². The van der Waals surface area contributed by atoms with E-state index in [1.807, 2.05) is 13.8 Å². The number of hydrogen-bond acceptors (Lipinski definition) is 4. The van der Waals surface area contributed by atoms with E-state index < -0.39 is 0 Å². The maximum atomic E-state index is 5.35. The number of thiazole rings is 1. The summed E-state index contributed by atoms with van der Waals surface area (Å²) in [5.74, 6) is 5.35. The summed E-state index contributed by atoms with van der Waals surface area (Å²) in [5, 5.41) is 1.06. The zero-order valence-corrected chi connectivity index (χ0v) is 8.11. The molecule has 66 valence electrons. The predicted octanol–water partition coefficient (Wildman–Crippen LogP) is 1.45. The normalized spacial score (nSPS) is 12.9. The number of aromatic nitrogens is 1. The van der Waals surface area contributed by atoms with Crippen LogP contribution in [0.2, 0.25) is 0 Å². The number of hydrogen-bond donors (Lipinski definition) is 2. The lowest BCUT2D eigenvalue weighted by Crippen LogP contribution is -2.26. The van der Waals surface area contributed by atoms with Crippen LogP contribution in [-0.4, -0.2) is 4.98 Å². The van der Waals surface area contributed by atoms with Crippen LogP contribution in [0.15, 0.2) is 12.7 Å². The van der Waals surface area contributed by atoms with Gasteiger partial charge in [0.15, 0.2) is 0 Å². The van der Waals surface area contributed by atoms with Crippen molar-refractivity contribution in [1.82, 2.24) is 10.4 Å². The number of hydrazine groups is 1. The Balaban J connectivity index is 2.99. The van der Waals surface area contributed by atoms with Crippen LogP contribution in [0.3, 0.4) is 0 Å². The topological polar surface area (TPSA) is 50.9 Å². The molecule has 4 heteroatoms. The maximum Gasteiger partial charge on any atom is 0.0900 e. The average molecular weight is 183 g/mol. The van der Waals surface area contributed by atoms with Gasteiger partial charge in [0.05, 0.1) is 16.7 Å². The highest BCUT2D eigenvalue weighted by Crippen LogP contribution is 2.24. The van der Waals surface area contributed by atoms with Crippen molar-refractivity contribution in [3.05, 3.63) is 28.2 Å². The Morgan fingerprint density at radius 1 is 1.67 bits per heavy atom. The molecule has 12 heavy (non-hydrogen) atoms. The molecule has 0 aliphatic carbocycles. The molecule has 1 unspecified atom stereocenters. The molecule has 1 heterocycles. The fourth-order valence-corrected chi connectivity index (χ4v) is 2.07. The summed E-state index contributed by atoms with van der Waals surface area (Å²) in [5.41, 5.74) is 3.70. The minimum atomic E-state index is 0.0243. The highest BCUT2D eigenvalue weighted by Gasteiger charge is 2.11. The van der Waals surface area contributed by atoms with E-state index in [0.717, 1.165) is 15.6 Å². The molecule has 1 aromatic rings. The third-order valence-corrected chi connectivity index (χ3v) is 2.79. The van der Waals surface area contributed by atoms with E-state index in [4.69, 9.17) is 5.84 Å². The van der Waals surface area contributed by atoms with Crippen LogP contribution in [0.25, 0.3) is 0 Å². The van der Waals surface area contributed by atoms with Crippen molar-refractivity contribution < 1.29 is 0 Å². The summed E-state index contributed by atoms with van der Waals surface area (Å²) in [4.78, 5) is 5.45.